The Bertz CT molecular complexity index is 650. The molecule has 0 atom stereocenters. The number of amides is 1. The summed E-state index contributed by atoms with van der Waals surface area (Å²) in [6, 6.07) is 5.76. The summed E-state index contributed by atoms with van der Waals surface area (Å²) in [5.41, 5.74) is 0. The number of hydrogen-bond donors (Lipinski definition) is 1. The van der Waals surface area contributed by atoms with E-state index in [1.54, 1.807) is 11.2 Å². The van der Waals surface area contributed by atoms with Crippen LogP contribution < -0.4 is 5.32 Å². The molecule has 2 aromatic heterocycles. The van der Waals surface area contributed by atoms with Gasteiger partial charge in [0, 0.05) is 13.1 Å². The van der Waals surface area contributed by atoms with E-state index in [9.17, 15) is 4.79 Å². The van der Waals surface area contributed by atoms with Crippen molar-refractivity contribution in [1.82, 2.24) is 15.1 Å². The number of nitrogens with one attached hydrogen (secondary N) is 1. The van der Waals surface area contributed by atoms with Crippen LogP contribution >= 0.6 is 23.1 Å². The van der Waals surface area contributed by atoms with Crippen molar-refractivity contribution in [1.29, 1.82) is 5.26 Å². The monoisotopic (exact) mass is 351 g/mol. The van der Waals surface area contributed by atoms with Gasteiger partial charge in [-0.05, 0) is 19.1 Å². The highest BCUT2D eigenvalue weighted by Gasteiger charge is 2.13. The van der Waals surface area contributed by atoms with E-state index in [2.05, 4.69) is 21.6 Å². The van der Waals surface area contributed by atoms with Gasteiger partial charge < -0.3 is 14.6 Å². The Morgan fingerprint density at radius 3 is 3.13 bits per heavy atom. The smallest absolute Gasteiger partial charge is 0.233 e. The van der Waals surface area contributed by atoms with Crippen LogP contribution in [0.2, 0.25) is 0 Å². The molecule has 2 rings (SSSR count). The summed E-state index contributed by atoms with van der Waals surface area (Å²) in [6.45, 7) is 3.52. The van der Waals surface area contributed by atoms with E-state index < -0.39 is 0 Å². The molecule has 0 bridgehead atoms. The van der Waals surface area contributed by atoms with Gasteiger partial charge in [0.2, 0.25) is 11.0 Å². The minimum atomic E-state index is 0.00745. The van der Waals surface area contributed by atoms with Crippen LogP contribution in [0, 0.1) is 11.3 Å². The first kappa shape index (κ1) is 17.3. The van der Waals surface area contributed by atoms with E-state index in [1.807, 2.05) is 19.1 Å². The lowest BCUT2D eigenvalue weighted by atomic mass is 10.4. The van der Waals surface area contributed by atoms with Crippen LogP contribution in [0.25, 0.3) is 0 Å². The molecular formula is C14H17N5O2S2. The summed E-state index contributed by atoms with van der Waals surface area (Å²) in [7, 11) is 0. The first-order valence-electron chi connectivity index (χ1n) is 7.10. The van der Waals surface area contributed by atoms with E-state index in [4.69, 9.17) is 9.68 Å². The quantitative estimate of drug-likeness (QED) is 0.694. The summed E-state index contributed by atoms with van der Waals surface area (Å²) < 4.78 is 5.96. The molecule has 2 heterocycles. The number of aromatic nitrogens is 2. The van der Waals surface area contributed by atoms with Gasteiger partial charge in [0.05, 0.1) is 31.1 Å². The third-order valence-corrected chi connectivity index (χ3v) is 4.95. The molecule has 0 radical (unpaired) electrons. The van der Waals surface area contributed by atoms with E-state index in [0.29, 0.717) is 36.9 Å². The maximum atomic E-state index is 12.1. The van der Waals surface area contributed by atoms with Crippen molar-refractivity contribution in [3.8, 4) is 6.07 Å². The molecule has 0 aliphatic carbocycles. The van der Waals surface area contributed by atoms with Crippen molar-refractivity contribution < 1.29 is 9.21 Å². The van der Waals surface area contributed by atoms with Gasteiger partial charge in [0.1, 0.15) is 5.76 Å². The van der Waals surface area contributed by atoms with Crippen molar-refractivity contribution in [2.24, 2.45) is 0 Å². The van der Waals surface area contributed by atoms with Crippen LogP contribution in [0.1, 0.15) is 19.1 Å². The predicted molar refractivity (Wildman–Crippen MR) is 89.2 cm³/mol. The summed E-state index contributed by atoms with van der Waals surface area (Å²) in [4.78, 5) is 13.7. The highest BCUT2D eigenvalue weighted by atomic mass is 32.2. The summed E-state index contributed by atoms with van der Waals surface area (Å²) >= 11 is 2.76. The van der Waals surface area contributed by atoms with E-state index in [-0.39, 0.29) is 5.91 Å². The average molecular weight is 351 g/mol. The van der Waals surface area contributed by atoms with Crippen molar-refractivity contribution >= 4 is 34.1 Å². The number of carbonyl (C=O) groups excluding carboxylic acids is 1. The van der Waals surface area contributed by atoms with E-state index in [0.717, 1.165) is 10.1 Å². The number of rotatable bonds is 9. The van der Waals surface area contributed by atoms with Crippen LogP contribution in [-0.4, -0.2) is 39.8 Å². The number of furan rings is 1. The maximum Gasteiger partial charge on any atom is 0.233 e. The Labute approximate surface area is 142 Å². The first-order valence-corrected chi connectivity index (χ1v) is 8.90. The second kappa shape index (κ2) is 9.17. The lowest BCUT2D eigenvalue weighted by Gasteiger charge is -2.18. The second-order valence-electron chi connectivity index (χ2n) is 4.48. The fraction of sp³-hybridized carbons (Fsp3) is 0.429. The topological polar surface area (TPSA) is 95.0 Å². The lowest BCUT2D eigenvalue weighted by molar-refractivity contribution is -0.128. The highest BCUT2D eigenvalue weighted by Crippen LogP contribution is 2.26. The molecule has 0 saturated heterocycles. The fourth-order valence-electron chi connectivity index (χ4n) is 1.77. The first-order chi connectivity index (χ1) is 11.2. The Kier molecular flexibility index (Phi) is 6.90. The number of nitrogens with zero attached hydrogens (tertiary/aromatic N) is 4. The summed E-state index contributed by atoms with van der Waals surface area (Å²) in [5.74, 6) is 1.13. The highest BCUT2D eigenvalue weighted by molar-refractivity contribution is 8.01. The van der Waals surface area contributed by atoms with Gasteiger partial charge in [-0.2, -0.15) is 5.26 Å². The predicted octanol–water partition coefficient (Wildman–Crippen LogP) is 2.60. The molecule has 0 aromatic carbocycles. The molecule has 0 fully saturated rings. The van der Waals surface area contributed by atoms with Gasteiger partial charge in [0.15, 0.2) is 4.34 Å². The maximum absolute atomic E-state index is 12.1. The number of anilines is 1. The summed E-state index contributed by atoms with van der Waals surface area (Å²) in [5, 5.41) is 20.5. The lowest BCUT2D eigenvalue weighted by Crippen LogP contribution is -2.32. The van der Waals surface area contributed by atoms with Gasteiger partial charge in [-0.3, -0.25) is 4.79 Å². The van der Waals surface area contributed by atoms with Crippen molar-refractivity contribution in [2.75, 3.05) is 24.2 Å². The molecule has 0 aliphatic rings. The molecule has 2 aromatic rings. The zero-order chi connectivity index (χ0) is 16.5. The molecule has 1 amide bonds. The van der Waals surface area contributed by atoms with Gasteiger partial charge >= 0.3 is 0 Å². The molecule has 1 N–H and O–H groups in total. The van der Waals surface area contributed by atoms with Crippen LogP contribution in [0.5, 0.6) is 0 Å². The Balaban J connectivity index is 1.77. The SMILES string of the molecule is CCN(CCC#N)C(=O)CSc1nnc(NCc2ccco2)s1. The Morgan fingerprint density at radius 1 is 1.57 bits per heavy atom. The van der Waals surface area contributed by atoms with Crippen molar-refractivity contribution in [2.45, 2.75) is 24.2 Å². The largest absolute Gasteiger partial charge is 0.467 e. The van der Waals surface area contributed by atoms with Gasteiger partial charge in [-0.1, -0.05) is 23.1 Å². The van der Waals surface area contributed by atoms with Gasteiger partial charge in [-0.15, -0.1) is 10.2 Å². The Morgan fingerprint density at radius 2 is 2.43 bits per heavy atom. The molecular weight excluding hydrogens is 334 g/mol. The molecule has 9 heteroatoms. The zero-order valence-electron chi connectivity index (χ0n) is 12.7. The third-order valence-electron chi connectivity index (χ3n) is 2.95. The fourth-order valence-corrected chi connectivity index (χ4v) is 3.42. The minimum absolute atomic E-state index is 0.00745. The van der Waals surface area contributed by atoms with Crippen molar-refractivity contribution in [3.05, 3.63) is 24.2 Å². The van der Waals surface area contributed by atoms with Crippen molar-refractivity contribution in [3.63, 3.8) is 0 Å². The van der Waals surface area contributed by atoms with Gasteiger partial charge in [-0.25, -0.2) is 0 Å². The third kappa shape index (κ3) is 5.58. The molecule has 0 spiro atoms. The number of nitriles is 1. The number of thioether (sulfide) groups is 1. The van der Waals surface area contributed by atoms with Crippen LogP contribution in [-0.2, 0) is 11.3 Å². The normalized spacial score (nSPS) is 10.3. The van der Waals surface area contributed by atoms with Gasteiger partial charge in [0.25, 0.3) is 0 Å². The molecule has 0 unspecified atom stereocenters. The molecule has 7 nitrogen and oxygen atoms in total. The van der Waals surface area contributed by atoms with Crippen LogP contribution in [0.4, 0.5) is 5.13 Å². The van der Waals surface area contributed by atoms with Crippen LogP contribution in [0.3, 0.4) is 0 Å². The zero-order valence-corrected chi connectivity index (χ0v) is 14.3. The second-order valence-corrected chi connectivity index (χ2v) is 6.68. The Hall–Kier alpha value is -2.05. The van der Waals surface area contributed by atoms with E-state index >= 15 is 0 Å². The number of hydrogen-bond acceptors (Lipinski definition) is 8. The molecule has 0 aliphatic heterocycles. The summed E-state index contributed by atoms with van der Waals surface area (Å²) in [6.07, 6.45) is 1.97. The standard InChI is InChI=1S/C14H17N5O2S2/c1-2-19(7-4-6-15)12(20)10-22-14-18-17-13(23-14)16-9-11-5-3-8-21-11/h3,5,8H,2,4,7,9-10H2,1H3,(H,16,17). The van der Waals surface area contributed by atoms with E-state index in [1.165, 1.54) is 23.1 Å². The molecule has 0 saturated carbocycles. The minimum Gasteiger partial charge on any atom is -0.467 e. The van der Waals surface area contributed by atoms with Crippen LogP contribution in [0.15, 0.2) is 27.2 Å². The number of carbonyl (C=O) groups is 1. The molecule has 23 heavy (non-hydrogen) atoms. The molecule has 122 valence electrons. The average Bonchev–Trinajstić information content (AvgIpc) is 3.23.